The lowest BCUT2D eigenvalue weighted by Crippen LogP contribution is -2.04. The molecule has 0 spiro atoms. The lowest BCUT2D eigenvalue weighted by atomic mass is 10.1. The summed E-state index contributed by atoms with van der Waals surface area (Å²) in [5, 5.41) is 9.95. The Morgan fingerprint density at radius 1 is 1.53 bits per heavy atom. The van der Waals surface area contributed by atoms with E-state index in [9.17, 15) is 9.90 Å². The maximum Gasteiger partial charge on any atom is 0.140 e. The summed E-state index contributed by atoms with van der Waals surface area (Å²) in [4.78, 5) is 11.6. The molecule has 2 rings (SSSR count). The fourth-order valence-corrected chi connectivity index (χ4v) is 2.37. The highest BCUT2D eigenvalue weighted by Crippen LogP contribution is 2.35. The van der Waals surface area contributed by atoms with Crippen molar-refractivity contribution in [2.45, 2.75) is 19.3 Å². The van der Waals surface area contributed by atoms with E-state index in [1.54, 1.807) is 12.1 Å². The molecule has 15 heavy (non-hydrogen) atoms. The van der Waals surface area contributed by atoms with E-state index < -0.39 is 0 Å². The molecule has 0 aliphatic heterocycles. The first-order valence-electron chi connectivity index (χ1n) is 4.77. The lowest BCUT2D eigenvalue weighted by molar-refractivity contribution is -0.119. The SMILES string of the molecule is O=C(Cc1cc(Br)cc(Cl)c1O)C1CC1. The zero-order valence-electron chi connectivity index (χ0n) is 7.96. The Labute approximate surface area is 101 Å². The summed E-state index contributed by atoms with van der Waals surface area (Å²) in [6.07, 6.45) is 2.25. The fourth-order valence-electron chi connectivity index (χ4n) is 1.49. The molecule has 0 heterocycles. The molecule has 80 valence electrons. The third-order valence-corrected chi connectivity index (χ3v) is 3.25. The fraction of sp³-hybridized carbons (Fsp3) is 0.364. The summed E-state index contributed by atoms with van der Waals surface area (Å²) in [5.74, 6) is 0.426. The van der Waals surface area contributed by atoms with Gasteiger partial charge in [-0.25, -0.2) is 0 Å². The Bertz CT molecular complexity index is 413. The molecule has 1 aliphatic rings. The van der Waals surface area contributed by atoms with E-state index >= 15 is 0 Å². The van der Waals surface area contributed by atoms with Gasteiger partial charge in [0, 0.05) is 22.4 Å². The van der Waals surface area contributed by atoms with Crippen molar-refractivity contribution in [3.05, 3.63) is 27.2 Å². The molecule has 1 aromatic carbocycles. The third kappa shape index (κ3) is 2.52. The molecule has 2 nitrogen and oxygen atoms in total. The van der Waals surface area contributed by atoms with Gasteiger partial charge in [0.1, 0.15) is 11.5 Å². The molecule has 1 N–H and O–H groups in total. The Balaban J connectivity index is 2.22. The number of benzene rings is 1. The number of carbonyl (C=O) groups is 1. The molecule has 0 radical (unpaired) electrons. The van der Waals surface area contributed by atoms with Gasteiger partial charge < -0.3 is 5.11 Å². The molecule has 4 heteroatoms. The van der Waals surface area contributed by atoms with E-state index in [-0.39, 0.29) is 28.9 Å². The number of aromatic hydroxyl groups is 1. The zero-order chi connectivity index (χ0) is 11.0. The Morgan fingerprint density at radius 2 is 2.20 bits per heavy atom. The monoisotopic (exact) mass is 288 g/mol. The number of halogens is 2. The first kappa shape index (κ1) is 11.0. The van der Waals surface area contributed by atoms with E-state index in [1.807, 2.05) is 0 Å². The average Bonchev–Trinajstić information content (AvgIpc) is 2.96. The van der Waals surface area contributed by atoms with Gasteiger partial charge in [-0.2, -0.15) is 0 Å². The van der Waals surface area contributed by atoms with Crippen molar-refractivity contribution < 1.29 is 9.90 Å². The second-order valence-corrected chi connectivity index (χ2v) is 5.14. The summed E-state index contributed by atoms with van der Waals surface area (Å²) < 4.78 is 0.781. The number of Topliss-reactive ketones (excluding diaryl/α,β-unsaturated/α-hetero) is 1. The minimum absolute atomic E-state index is 0.0221. The van der Waals surface area contributed by atoms with Crippen LogP contribution >= 0.6 is 27.5 Å². The predicted molar refractivity (Wildman–Crippen MR) is 62.3 cm³/mol. The number of hydrogen-bond acceptors (Lipinski definition) is 2. The highest BCUT2D eigenvalue weighted by Gasteiger charge is 2.29. The standard InChI is InChI=1S/C11H10BrClO2/c12-8-3-7(11(15)9(13)5-8)4-10(14)6-1-2-6/h3,5-6,15H,1-2,4H2. The van der Waals surface area contributed by atoms with Crippen LogP contribution in [0.5, 0.6) is 5.75 Å². The maximum absolute atomic E-state index is 11.6. The highest BCUT2D eigenvalue weighted by atomic mass is 79.9. The van der Waals surface area contributed by atoms with Crippen LogP contribution in [0.3, 0.4) is 0 Å². The molecule has 1 fully saturated rings. The first-order valence-corrected chi connectivity index (χ1v) is 5.94. The van der Waals surface area contributed by atoms with Gasteiger partial charge >= 0.3 is 0 Å². The summed E-state index contributed by atoms with van der Waals surface area (Å²) in [5.41, 5.74) is 0.603. The van der Waals surface area contributed by atoms with Crippen molar-refractivity contribution in [1.82, 2.24) is 0 Å². The van der Waals surface area contributed by atoms with Crippen LogP contribution < -0.4 is 0 Å². The topological polar surface area (TPSA) is 37.3 Å². The summed E-state index contributed by atoms with van der Waals surface area (Å²) in [6.45, 7) is 0. The van der Waals surface area contributed by atoms with Crippen molar-refractivity contribution in [1.29, 1.82) is 0 Å². The van der Waals surface area contributed by atoms with E-state index in [2.05, 4.69) is 15.9 Å². The minimum Gasteiger partial charge on any atom is -0.506 e. The average molecular weight is 290 g/mol. The Kier molecular flexibility index (Phi) is 3.03. The van der Waals surface area contributed by atoms with Crippen molar-refractivity contribution in [3.63, 3.8) is 0 Å². The summed E-state index contributed by atoms with van der Waals surface area (Å²) in [6, 6.07) is 3.35. The Hall–Kier alpha value is -0.540. The highest BCUT2D eigenvalue weighted by molar-refractivity contribution is 9.10. The molecule has 0 aromatic heterocycles. The minimum atomic E-state index is 0.0221. The number of carbonyl (C=O) groups excluding carboxylic acids is 1. The molecule has 0 unspecified atom stereocenters. The number of phenolic OH excluding ortho intramolecular Hbond substituents is 1. The predicted octanol–water partition coefficient (Wildman–Crippen LogP) is 3.33. The van der Waals surface area contributed by atoms with Crippen LogP contribution in [0.1, 0.15) is 18.4 Å². The van der Waals surface area contributed by atoms with Gasteiger partial charge in [-0.15, -0.1) is 0 Å². The molecule has 0 bridgehead atoms. The largest absolute Gasteiger partial charge is 0.506 e. The molecule has 0 saturated heterocycles. The van der Waals surface area contributed by atoms with Crippen molar-refractivity contribution in [2.24, 2.45) is 5.92 Å². The molecule has 0 atom stereocenters. The number of hydrogen-bond donors (Lipinski definition) is 1. The van der Waals surface area contributed by atoms with Gasteiger partial charge in [-0.05, 0) is 25.0 Å². The van der Waals surface area contributed by atoms with Gasteiger partial charge in [0.15, 0.2) is 0 Å². The van der Waals surface area contributed by atoms with Gasteiger partial charge in [-0.1, -0.05) is 27.5 Å². The molecular weight excluding hydrogens is 279 g/mol. The van der Waals surface area contributed by atoms with Gasteiger partial charge in [-0.3, -0.25) is 4.79 Å². The second-order valence-electron chi connectivity index (χ2n) is 3.81. The van der Waals surface area contributed by atoms with Crippen LogP contribution in [0.15, 0.2) is 16.6 Å². The maximum atomic E-state index is 11.6. The molecule has 1 aliphatic carbocycles. The van der Waals surface area contributed by atoms with Gasteiger partial charge in [0.2, 0.25) is 0 Å². The lowest BCUT2D eigenvalue weighted by Gasteiger charge is -2.06. The summed E-state index contributed by atoms with van der Waals surface area (Å²) >= 11 is 9.09. The van der Waals surface area contributed by atoms with Crippen LogP contribution in [-0.4, -0.2) is 10.9 Å². The number of rotatable bonds is 3. The second kappa shape index (κ2) is 4.14. The van der Waals surface area contributed by atoms with E-state index in [1.165, 1.54) is 0 Å². The van der Waals surface area contributed by atoms with Crippen LogP contribution in [0.25, 0.3) is 0 Å². The van der Waals surface area contributed by atoms with Crippen molar-refractivity contribution in [2.75, 3.05) is 0 Å². The van der Waals surface area contributed by atoms with Crippen molar-refractivity contribution in [3.8, 4) is 5.75 Å². The third-order valence-electron chi connectivity index (χ3n) is 2.50. The quantitative estimate of drug-likeness (QED) is 0.927. The van der Waals surface area contributed by atoms with E-state index in [4.69, 9.17) is 11.6 Å². The molecular formula is C11H10BrClO2. The van der Waals surface area contributed by atoms with E-state index in [0.29, 0.717) is 5.56 Å². The Morgan fingerprint density at radius 3 is 2.80 bits per heavy atom. The summed E-state index contributed by atoms with van der Waals surface area (Å²) in [7, 11) is 0. The first-order chi connectivity index (χ1) is 7.08. The van der Waals surface area contributed by atoms with Crippen LogP contribution in [0.4, 0.5) is 0 Å². The normalized spacial score (nSPS) is 15.3. The van der Waals surface area contributed by atoms with Crippen LogP contribution in [0.2, 0.25) is 5.02 Å². The van der Waals surface area contributed by atoms with Crippen LogP contribution in [-0.2, 0) is 11.2 Å². The van der Waals surface area contributed by atoms with Crippen LogP contribution in [0, 0.1) is 5.92 Å². The number of ketones is 1. The zero-order valence-corrected chi connectivity index (χ0v) is 10.3. The van der Waals surface area contributed by atoms with E-state index in [0.717, 1.165) is 17.3 Å². The molecule has 1 saturated carbocycles. The van der Waals surface area contributed by atoms with Gasteiger partial charge in [0.25, 0.3) is 0 Å². The number of phenols is 1. The smallest absolute Gasteiger partial charge is 0.140 e. The molecule has 0 amide bonds. The van der Waals surface area contributed by atoms with Gasteiger partial charge in [0.05, 0.1) is 5.02 Å². The van der Waals surface area contributed by atoms with Crippen molar-refractivity contribution >= 4 is 33.3 Å². The molecule has 1 aromatic rings.